The average Bonchev–Trinajstić information content (AvgIpc) is 2.69. The molecule has 0 bridgehead atoms. The van der Waals surface area contributed by atoms with Gasteiger partial charge in [0.15, 0.2) is 0 Å². The molecule has 5 nitrogen and oxygen atoms in total. The van der Waals surface area contributed by atoms with E-state index in [0.717, 1.165) is 5.56 Å². The minimum absolute atomic E-state index is 0.0444. The van der Waals surface area contributed by atoms with Crippen molar-refractivity contribution in [3.05, 3.63) is 93.0 Å². The molecule has 3 rings (SSSR count). The predicted octanol–water partition coefficient (Wildman–Crippen LogP) is 5.34. The van der Waals surface area contributed by atoms with Crippen LogP contribution in [0.5, 0.6) is 0 Å². The third-order valence-electron chi connectivity index (χ3n) is 4.58. The van der Waals surface area contributed by atoms with Gasteiger partial charge in [0.25, 0.3) is 15.9 Å². The molecule has 0 aliphatic carbocycles. The molecule has 0 aliphatic rings. The zero-order valence-electron chi connectivity index (χ0n) is 16.4. The van der Waals surface area contributed by atoms with Crippen molar-refractivity contribution in [2.45, 2.75) is 25.3 Å². The lowest BCUT2D eigenvalue weighted by molar-refractivity contribution is 0.0950. The largest absolute Gasteiger partial charge is 0.348 e. The van der Waals surface area contributed by atoms with E-state index in [1.54, 1.807) is 49.4 Å². The first-order valence-electron chi connectivity index (χ1n) is 9.08. The second-order valence-electron chi connectivity index (χ2n) is 6.82. The molecule has 0 saturated heterocycles. The molecule has 0 spiro atoms. The van der Waals surface area contributed by atoms with Crippen LogP contribution in [0.15, 0.2) is 65.6 Å². The molecular weight excluding hydrogens is 443 g/mol. The highest BCUT2D eigenvalue weighted by Gasteiger charge is 2.20. The summed E-state index contributed by atoms with van der Waals surface area (Å²) < 4.78 is 28.5. The van der Waals surface area contributed by atoms with E-state index in [9.17, 15) is 13.2 Å². The normalized spacial score (nSPS) is 11.2. The van der Waals surface area contributed by atoms with Crippen LogP contribution in [0, 0.1) is 13.8 Å². The zero-order chi connectivity index (χ0) is 21.9. The number of sulfonamides is 1. The fourth-order valence-corrected chi connectivity index (χ4v) is 4.74. The van der Waals surface area contributed by atoms with Crippen LogP contribution in [0.2, 0.25) is 10.0 Å². The fourth-order valence-electron chi connectivity index (χ4n) is 2.86. The molecule has 0 unspecified atom stereocenters. The van der Waals surface area contributed by atoms with E-state index in [0.29, 0.717) is 26.9 Å². The molecule has 8 heteroatoms. The molecule has 0 atom stereocenters. The number of hydrogen-bond donors (Lipinski definition) is 2. The van der Waals surface area contributed by atoms with E-state index in [4.69, 9.17) is 23.2 Å². The maximum atomic E-state index is 12.9. The highest BCUT2D eigenvalue weighted by molar-refractivity contribution is 7.92. The summed E-state index contributed by atoms with van der Waals surface area (Å²) in [6.45, 7) is 3.68. The Balaban J connectivity index is 1.82. The number of carbonyl (C=O) groups is 1. The van der Waals surface area contributed by atoms with Gasteiger partial charge in [0.1, 0.15) is 0 Å². The first-order chi connectivity index (χ1) is 14.2. The van der Waals surface area contributed by atoms with Crippen LogP contribution in [0.4, 0.5) is 5.69 Å². The van der Waals surface area contributed by atoms with Gasteiger partial charge >= 0.3 is 0 Å². The van der Waals surface area contributed by atoms with Crippen molar-refractivity contribution in [2.75, 3.05) is 4.72 Å². The summed E-state index contributed by atoms with van der Waals surface area (Å²) >= 11 is 12.0. The van der Waals surface area contributed by atoms with Crippen molar-refractivity contribution in [3.8, 4) is 0 Å². The molecule has 156 valence electrons. The number of rotatable bonds is 6. The molecule has 3 aromatic carbocycles. The van der Waals surface area contributed by atoms with Crippen molar-refractivity contribution in [1.82, 2.24) is 5.32 Å². The molecular formula is C22H20Cl2N2O3S. The fraction of sp³-hybridized carbons (Fsp3) is 0.136. The summed E-state index contributed by atoms with van der Waals surface area (Å²) in [5.74, 6) is -0.409. The number of aryl methyl sites for hydroxylation is 2. The van der Waals surface area contributed by atoms with Crippen LogP contribution in [0.3, 0.4) is 0 Å². The SMILES string of the molecule is Cc1ccccc1NS(=O)(=O)c1cc(C(=O)NCc2ccc(Cl)cc2Cl)ccc1C. The van der Waals surface area contributed by atoms with Crippen LogP contribution in [0.1, 0.15) is 27.0 Å². The third-order valence-corrected chi connectivity index (χ3v) is 6.68. The van der Waals surface area contributed by atoms with E-state index in [2.05, 4.69) is 10.0 Å². The molecule has 0 fully saturated rings. The summed E-state index contributed by atoms with van der Waals surface area (Å²) in [4.78, 5) is 12.6. The van der Waals surface area contributed by atoms with Gasteiger partial charge < -0.3 is 5.32 Å². The highest BCUT2D eigenvalue weighted by Crippen LogP contribution is 2.23. The van der Waals surface area contributed by atoms with Gasteiger partial charge in [-0.05, 0) is 60.9 Å². The van der Waals surface area contributed by atoms with Gasteiger partial charge in [-0.3, -0.25) is 9.52 Å². The topological polar surface area (TPSA) is 75.3 Å². The van der Waals surface area contributed by atoms with E-state index < -0.39 is 15.9 Å². The number of halogens is 2. The Bertz CT molecular complexity index is 1210. The smallest absolute Gasteiger partial charge is 0.262 e. The average molecular weight is 463 g/mol. The van der Waals surface area contributed by atoms with Crippen molar-refractivity contribution in [1.29, 1.82) is 0 Å². The Labute approximate surface area is 186 Å². The minimum atomic E-state index is -3.87. The number of anilines is 1. The van der Waals surface area contributed by atoms with Crippen molar-refractivity contribution in [3.63, 3.8) is 0 Å². The van der Waals surface area contributed by atoms with Crippen molar-refractivity contribution >= 4 is 44.8 Å². The Morgan fingerprint density at radius 1 is 0.933 bits per heavy atom. The lowest BCUT2D eigenvalue weighted by Gasteiger charge is -2.14. The van der Waals surface area contributed by atoms with E-state index in [1.165, 1.54) is 6.07 Å². The first kappa shape index (κ1) is 22.2. The van der Waals surface area contributed by atoms with Gasteiger partial charge in [0, 0.05) is 22.2 Å². The molecule has 0 aromatic heterocycles. The Kier molecular flexibility index (Phi) is 6.71. The van der Waals surface area contributed by atoms with Gasteiger partial charge in [-0.15, -0.1) is 0 Å². The Morgan fingerprint density at radius 3 is 2.37 bits per heavy atom. The van der Waals surface area contributed by atoms with Gasteiger partial charge in [-0.1, -0.05) is 53.5 Å². The molecule has 3 aromatic rings. The molecule has 2 N–H and O–H groups in total. The number of benzene rings is 3. The predicted molar refractivity (Wildman–Crippen MR) is 121 cm³/mol. The first-order valence-corrected chi connectivity index (χ1v) is 11.3. The van der Waals surface area contributed by atoms with Gasteiger partial charge in [0.05, 0.1) is 10.6 Å². The summed E-state index contributed by atoms with van der Waals surface area (Å²) in [6.07, 6.45) is 0. The van der Waals surface area contributed by atoms with Crippen LogP contribution in [-0.4, -0.2) is 14.3 Å². The molecule has 0 saturated carbocycles. The number of hydrogen-bond acceptors (Lipinski definition) is 3. The Hall–Kier alpha value is -2.54. The number of nitrogens with one attached hydrogen (secondary N) is 2. The second kappa shape index (κ2) is 9.08. The maximum Gasteiger partial charge on any atom is 0.262 e. The lowest BCUT2D eigenvalue weighted by Crippen LogP contribution is -2.24. The van der Waals surface area contributed by atoms with Crippen LogP contribution in [0.25, 0.3) is 0 Å². The number of carbonyl (C=O) groups excluding carboxylic acids is 1. The summed E-state index contributed by atoms with van der Waals surface area (Å²) in [5.41, 5.74) is 2.76. The highest BCUT2D eigenvalue weighted by atomic mass is 35.5. The lowest BCUT2D eigenvalue weighted by atomic mass is 10.1. The maximum absolute atomic E-state index is 12.9. The van der Waals surface area contributed by atoms with Gasteiger partial charge in [-0.25, -0.2) is 8.42 Å². The van der Waals surface area contributed by atoms with Crippen molar-refractivity contribution in [2.24, 2.45) is 0 Å². The van der Waals surface area contributed by atoms with E-state index >= 15 is 0 Å². The van der Waals surface area contributed by atoms with E-state index in [1.807, 2.05) is 19.1 Å². The molecule has 0 heterocycles. The standard InChI is InChI=1S/C22H20Cl2N2O3S/c1-14-5-3-4-6-20(14)26-30(28,29)21-11-16(8-7-15(21)2)22(27)25-13-17-9-10-18(23)12-19(17)24/h3-12,26H,13H2,1-2H3,(H,25,27). The number of amides is 1. The summed E-state index contributed by atoms with van der Waals surface area (Å²) in [7, 11) is -3.87. The molecule has 30 heavy (non-hydrogen) atoms. The minimum Gasteiger partial charge on any atom is -0.348 e. The van der Waals surface area contributed by atoms with E-state index in [-0.39, 0.29) is 17.0 Å². The van der Waals surface area contributed by atoms with Crippen LogP contribution < -0.4 is 10.0 Å². The summed E-state index contributed by atoms with van der Waals surface area (Å²) in [5, 5.41) is 3.70. The number of para-hydroxylation sites is 1. The monoisotopic (exact) mass is 462 g/mol. The second-order valence-corrected chi connectivity index (χ2v) is 9.31. The third kappa shape index (κ3) is 5.14. The van der Waals surface area contributed by atoms with Gasteiger partial charge in [-0.2, -0.15) is 0 Å². The Morgan fingerprint density at radius 2 is 1.67 bits per heavy atom. The molecule has 0 radical (unpaired) electrons. The van der Waals surface area contributed by atoms with Gasteiger partial charge in [0.2, 0.25) is 0 Å². The van der Waals surface area contributed by atoms with Crippen LogP contribution in [-0.2, 0) is 16.6 Å². The summed E-state index contributed by atoms with van der Waals surface area (Å²) in [6, 6.07) is 16.7. The quantitative estimate of drug-likeness (QED) is 0.518. The van der Waals surface area contributed by atoms with Crippen molar-refractivity contribution < 1.29 is 13.2 Å². The van der Waals surface area contributed by atoms with Crippen LogP contribution >= 0.6 is 23.2 Å². The zero-order valence-corrected chi connectivity index (χ0v) is 18.7. The molecule has 1 amide bonds. The molecule has 0 aliphatic heterocycles.